The van der Waals surface area contributed by atoms with Crippen LogP contribution in [0.3, 0.4) is 0 Å². The van der Waals surface area contributed by atoms with E-state index in [-0.39, 0.29) is 10.8 Å². The molecule has 2 rings (SSSR count). The minimum Gasteiger partial charge on any atom is -0.317 e. The molecule has 1 N–H and O–H groups in total. The molecule has 1 nitrogen and oxygen atoms in total. The van der Waals surface area contributed by atoms with Gasteiger partial charge in [0, 0.05) is 6.04 Å². The van der Waals surface area contributed by atoms with Gasteiger partial charge in [-0.05, 0) is 62.3 Å². The van der Waals surface area contributed by atoms with E-state index in [1.807, 2.05) is 13.1 Å². The fraction of sp³-hybridized carbons (Fsp3) is 0.600. The number of rotatable bonds is 3. The Labute approximate surface area is 114 Å². The standard InChI is InChI=1S/C15H21ClFN/c1-10-3-6-15(18-2)12(7-10)8-11-4-5-14(17)13(16)9-11/h4-5,9-10,12,15,18H,3,6-8H2,1-2H3. The average molecular weight is 270 g/mol. The summed E-state index contributed by atoms with van der Waals surface area (Å²) in [4.78, 5) is 0. The summed E-state index contributed by atoms with van der Waals surface area (Å²) in [5.74, 6) is 1.08. The van der Waals surface area contributed by atoms with E-state index in [1.165, 1.54) is 25.3 Å². The van der Waals surface area contributed by atoms with Crippen LogP contribution in [0.2, 0.25) is 5.02 Å². The predicted molar refractivity (Wildman–Crippen MR) is 74.5 cm³/mol. The summed E-state index contributed by atoms with van der Waals surface area (Å²) in [6.07, 6.45) is 4.75. The highest BCUT2D eigenvalue weighted by Gasteiger charge is 2.27. The van der Waals surface area contributed by atoms with Crippen molar-refractivity contribution in [2.45, 2.75) is 38.6 Å². The van der Waals surface area contributed by atoms with E-state index in [9.17, 15) is 4.39 Å². The van der Waals surface area contributed by atoms with Crippen molar-refractivity contribution in [3.63, 3.8) is 0 Å². The molecule has 0 aliphatic heterocycles. The molecule has 3 atom stereocenters. The molecule has 3 unspecified atom stereocenters. The Bertz CT molecular complexity index is 407. The van der Waals surface area contributed by atoms with Gasteiger partial charge in [-0.3, -0.25) is 0 Å². The molecule has 1 aliphatic carbocycles. The molecular weight excluding hydrogens is 249 g/mol. The Balaban J connectivity index is 2.08. The van der Waals surface area contributed by atoms with E-state index in [4.69, 9.17) is 11.6 Å². The zero-order valence-electron chi connectivity index (χ0n) is 11.0. The highest BCUT2D eigenvalue weighted by atomic mass is 35.5. The Morgan fingerprint density at radius 2 is 2.17 bits per heavy atom. The van der Waals surface area contributed by atoms with Crippen molar-refractivity contribution in [2.75, 3.05) is 7.05 Å². The van der Waals surface area contributed by atoms with Gasteiger partial charge in [-0.15, -0.1) is 0 Å². The van der Waals surface area contributed by atoms with Gasteiger partial charge in [0.25, 0.3) is 0 Å². The fourth-order valence-corrected chi connectivity index (χ4v) is 3.28. The second kappa shape index (κ2) is 6.03. The van der Waals surface area contributed by atoms with Gasteiger partial charge in [0.2, 0.25) is 0 Å². The zero-order chi connectivity index (χ0) is 13.1. The van der Waals surface area contributed by atoms with E-state index < -0.39 is 0 Å². The van der Waals surface area contributed by atoms with Gasteiger partial charge in [0.05, 0.1) is 5.02 Å². The molecule has 0 aromatic heterocycles. The van der Waals surface area contributed by atoms with Crippen LogP contribution in [0.25, 0.3) is 0 Å². The molecule has 1 aliphatic rings. The van der Waals surface area contributed by atoms with Crippen molar-refractivity contribution in [1.29, 1.82) is 0 Å². The quantitative estimate of drug-likeness (QED) is 0.873. The van der Waals surface area contributed by atoms with Gasteiger partial charge in [0.1, 0.15) is 5.82 Å². The highest BCUT2D eigenvalue weighted by Crippen LogP contribution is 2.32. The largest absolute Gasteiger partial charge is 0.317 e. The number of hydrogen-bond acceptors (Lipinski definition) is 1. The van der Waals surface area contributed by atoms with Crippen LogP contribution in [0.5, 0.6) is 0 Å². The fourth-order valence-electron chi connectivity index (χ4n) is 3.07. The maximum atomic E-state index is 13.1. The lowest BCUT2D eigenvalue weighted by molar-refractivity contribution is 0.220. The lowest BCUT2D eigenvalue weighted by Crippen LogP contribution is -2.39. The smallest absolute Gasteiger partial charge is 0.141 e. The molecule has 3 heteroatoms. The van der Waals surface area contributed by atoms with E-state index in [2.05, 4.69) is 12.2 Å². The molecule has 0 bridgehead atoms. The van der Waals surface area contributed by atoms with Gasteiger partial charge in [-0.2, -0.15) is 0 Å². The molecule has 1 saturated carbocycles. The van der Waals surface area contributed by atoms with Crippen LogP contribution in [-0.2, 0) is 6.42 Å². The summed E-state index contributed by atoms with van der Waals surface area (Å²) < 4.78 is 13.1. The first-order valence-electron chi connectivity index (χ1n) is 6.71. The maximum Gasteiger partial charge on any atom is 0.141 e. The molecule has 0 radical (unpaired) electrons. The second-order valence-electron chi connectivity index (χ2n) is 5.53. The Hall–Kier alpha value is -0.600. The highest BCUT2D eigenvalue weighted by molar-refractivity contribution is 6.30. The summed E-state index contributed by atoms with van der Waals surface area (Å²) in [7, 11) is 2.03. The van der Waals surface area contributed by atoms with Crippen molar-refractivity contribution in [3.8, 4) is 0 Å². The van der Waals surface area contributed by atoms with E-state index in [0.29, 0.717) is 12.0 Å². The van der Waals surface area contributed by atoms with Crippen LogP contribution < -0.4 is 5.32 Å². The Kier molecular flexibility index (Phi) is 4.63. The second-order valence-corrected chi connectivity index (χ2v) is 5.93. The number of nitrogens with one attached hydrogen (secondary N) is 1. The van der Waals surface area contributed by atoms with Crippen molar-refractivity contribution in [1.82, 2.24) is 5.32 Å². The van der Waals surface area contributed by atoms with Gasteiger partial charge in [0.15, 0.2) is 0 Å². The molecule has 1 aromatic carbocycles. The number of benzene rings is 1. The average Bonchev–Trinajstić information content (AvgIpc) is 2.34. The van der Waals surface area contributed by atoms with Crippen LogP contribution in [0.15, 0.2) is 18.2 Å². The van der Waals surface area contributed by atoms with Gasteiger partial charge >= 0.3 is 0 Å². The third kappa shape index (κ3) is 3.24. The molecule has 0 saturated heterocycles. The van der Waals surface area contributed by atoms with Crippen molar-refractivity contribution >= 4 is 11.6 Å². The van der Waals surface area contributed by atoms with Crippen molar-refractivity contribution in [3.05, 3.63) is 34.6 Å². The first-order valence-corrected chi connectivity index (χ1v) is 7.09. The Morgan fingerprint density at radius 3 is 2.83 bits per heavy atom. The van der Waals surface area contributed by atoms with Crippen LogP contribution in [0.1, 0.15) is 31.7 Å². The van der Waals surface area contributed by atoms with Crippen LogP contribution >= 0.6 is 11.6 Å². The maximum absolute atomic E-state index is 13.1. The van der Waals surface area contributed by atoms with E-state index in [0.717, 1.165) is 17.9 Å². The molecule has 0 spiro atoms. The summed E-state index contributed by atoms with van der Waals surface area (Å²) in [5.41, 5.74) is 1.14. The van der Waals surface area contributed by atoms with Crippen LogP contribution in [0, 0.1) is 17.7 Å². The van der Waals surface area contributed by atoms with Crippen LogP contribution in [-0.4, -0.2) is 13.1 Å². The molecule has 0 amide bonds. The normalized spacial score (nSPS) is 28.3. The molecule has 18 heavy (non-hydrogen) atoms. The lowest BCUT2D eigenvalue weighted by atomic mass is 9.76. The lowest BCUT2D eigenvalue weighted by Gasteiger charge is -2.35. The van der Waals surface area contributed by atoms with E-state index >= 15 is 0 Å². The first kappa shape index (κ1) is 13.8. The monoisotopic (exact) mass is 269 g/mol. The number of hydrogen-bond donors (Lipinski definition) is 1. The molecule has 0 heterocycles. The summed E-state index contributed by atoms with van der Waals surface area (Å²) in [6.45, 7) is 2.32. The molecular formula is C15H21ClFN. The molecule has 100 valence electrons. The summed E-state index contributed by atoms with van der Waals surface area (Å²) >= 11 is 5.84. The molecule has 1 fully saturated rings. The predicted octanol–water partition coefficient (Wildman–Crippen LogP) is 4.05. The zero-order valence-corrected chi connectivity index (χ0v) is 11.8. The van der Waals surface area contributed by atoms with Gasteiger partial charge in [-0.25, -0.2) is 4.39 Å². The van der Waals surface area contributed by atoms with Gasteiger partial charge in [-0.1, -0.05) is 24.6 Å². The molecule has 1 aromatic rings. The summed E-state index contributed by atoms with van der Waals surface area (Å²) in [5, 5.41) is 3.65. The topological polar surface area (TPSA) is 12.0 Å². The first-order chi connectivity index (χ1) is 8.60. The van der Waals surface area contributed by atoms with Gasteiger partial charge < -0.3 is 5.32 Å². The minimum absolute atomic E-state index is 0.234. The minimum atomic E-state index is -0.331. The third-order valence-electron chi connectivity index (χ3n) is 4.10. The Morgan fingerprint density at radius 1 is 1.39 bits per heavy atom. The van der Waals surface area contributed by atoms with Crippen LogP contribution in [0.4, 0.5) is 4.39 Å². The van der Waals surface area contributed by atoms with Crippen molar-refractivity contribution < 1.29 is 4.39 Å². The van der Waals surface area contributed by atoms with Crippen molar-refractivity contribution in [2.24, 2.45) is 11.8 Å². The summed E-state index contributed by atoms with van der Waals surface area (Å²) in [6, 6.07) is 5.67. The SMILES string of the molecule is CNC1CCC(C)CC1Cc1ccc(F)c(Cl)c1. The number of halogens is 2. The third-order valence-corrected chi connectivity index (χ3v) is 4.39. The van der Waals surface area contributed by atoms with E-state index in [1.54, 1.807) is 6.07 Å².